The van der Waals surface area contributed by atoms with Gasteiger partial charge >= 0.3 is 0 Å². The Labute approximate surface area is 291 Å². The van der Waals surface area contributed by atoms with Crippen molar-refractivity contribution in [1.82, 2.24) is 4.90 Å². The average molecular weight is 672 g/mol. The fourth-order valence-electron chi connectivity index (χ4n) is 8.83. The number of aliphatic hydroxyl groups excluding tert-OH is 1. The van der Waals surface area contributed by atoms with E-state index in [1.807, 2.05) is 84.0 Å². The molecule has 0 aliphatic carbocycles. The number of para-hydroxylation sites is 1. The first kappa shape index (κ1) is 36.3. The predicted molar refractivity (Wildman–Crippen MR) is 193 cm³/mol. The highest BCUT2D eigenvalue weighted by molar-refractivity contribution is 6.07. The van der Waals surface area contributed by atoms with E-state index in [2.05, 4.69) is 13.2 Å². The second kappa shape index (κ2) is 14.5. The van der Waals surface area contributed by atoms with E-state index >= 15 is 9.59 Å². The summed E-state index contributed by atoms with van der Waals surface area (Å²) >= 11 is 0. The lowest BCUT2D eigenvalue weighted by molar-refractivity contribution is -0.149. The smallest absolute Gasteiger partial charge is 0.253 e. The number of aryl methyl sites for hydroxylation is 2. The Hall–Kier alpha value is -3.95. The number of benzene rings is 2. The van der Waals surface area contributed by atoms with Gasteiger partial charge in [0.05, 0.1) is 36.7 Å². The maximum absolute atomic E-state index is 15.2. The van der Waals surface area contributed by atoms with Crippen LogP contribution in [0.3, 0.4) is 0 Å². The largest absolute Gasteiger partial charge is 0.494 e. The summed E-state index contributed by atoms with van der Waals surface area (Å²) in [5, 5.41) is 10.8. The van der Waals surface area contributed by atoms with Crippen molar-refractivity contribution in [2.75, 3.05) is 36.1 Å². The molecule has 3 amide bonds. The van der Waals surface area contributed by atoms with E-state index < -0.39 is 35.1 Å². The molecule has 264 valence electrons. The minimum Gasteiger partial charge on any atom is -0.494 e. The topological polar surface area (TPSA) is 99.6 Å². The zero-order chi connectivity index (χ0) is 35.7. The van der Waals surface area contributed by atoms with Crippen LogP contribution in [0.5, 0.6) is 5.75 Å². The fraction of sp³-hybridized carbons (Fsp3) is 0.525. The number of nitrogens with zero attached hydrogens (tertiary/aromatic N) is 3. The first-order valence-corrected chi connectivity index (χ1v) is 17.7. The minimum atomic E-state index is -1.25. The number of carbonyl (C=O) groups is 3. The van der Waals surface area contributed by atoms with Crippen LogP contribution < -0.4 is 14.5 Å². The van der Waals surface area contributed by atoms with Crippen molar-refractivity contribution in [3.05, 3.63) is 78.9 Å². The summed E-state index contributed by atoms with van der Waals surface area (Å²) in [7, 11) is 0. The molecule has 0 saturated carbocycles. The van der Waals surface area contributed by atoms with E-state index in [1.165, 1.54) is 0 Å². The van der Waals surface area contributed by atoms with Crippen molar-refractivity contribution in [2.24, 2.45) is 17.8 Å². The summed E-state index contributed by atoms with van der Waals surface area (Å²) in [6.45, 7) is 20.5. The molecule has 5 rings (SSSR count). The highest BCUT2D eigenvalue weighted by Crippen LogP contribution is 2.65. The van der Waals surface area contributed by atoms with Gasteiger partial charge in [0, 0.05) is 24.5 Å². The van der Waals surface area contributed by atoms with Crippen molar-refractivity contribution < 1.29 is 29.0 Å². The van der Waals surface area contributed by atoms with Gasteiger partial charge in [-0.05, 0) is 87.8 Å². The monoisotopic (exact) mass is 671 g/mol. The molecule has 6 atom stereocenters. The third-order valence-corrected chi connectivity index (χ3v) is 10.8. The number of aliphatic hydroxyl groups is 1. The van der Waals surface area contributed by atoms with E-state index in [9.17, 15) is 9.90 Å². The van der Waals surface area contributed by atoms with Crippen LogP contribution in [0.25, 0.3) is 0 Å². The normalized spacial score (nSPS) is 26.1. The second-order valence-corrected chi connectivity index (χ2v) is 14.2. The number of amides is 3. The Kier molecular flexibility index (Phi) is 10.7. The number of fused-ring (bicyclic) bond motifs is 1. The molecule has 1 spiro atoms. The van der Waals surface area contributed by atoms with Gasteiger partial charge in [-0.25, -0.2) is 0 Å². The maximum atomic E-state index is 15.2. The molecule has 2 bridgehead atoms. The lowest BCUT2D eigenvalue weighted by Gasteiger charge is -2.40. The van der Waals surface area contributed by atoms with Crippen molar-refractivity contribution in [3.63, 3.8) is 0 Å². The van der Waals surface area contributed by atoms with Crippen LogP contribution in [0.4, 0.5) is 11.4 Å². The molecule has 3 aliphatic rings. The summed E-state index contributed by atoms with van der Waals surface area (Å²) in [6.07, 6.45) is 5.34. The van der Waals surface area contributed by atoms with Crippen molar-refractivity contribution in [3.8, 4) is 5.75 Å². The van der Waals surface area contributed by atoms with Crippen LogP contribution >= 0.6 is 0 Å². The zero-order valence-electron chi connectivity index (χ0n) is 30.0. The molecule has 3 heterocycles. The first-order valence-electron chi connectivity index (χ1n) is 17.7. The SMILES string of the molecule is C=CCN(C(=O)[C@@H]1[C@H]2C(=O)N([C@@H](CO)CC(C)C)C(C(=O)N(CC=C)c3c(C)cccc3C)C23CC[C@@]1(CC)O3)c1ccc(OCC)cc1. The number of carbonyl (C=O) groups excluding carboxylic acids is 3. The molecule has 9 nitrogen and oxygen atoms in total. The number of hydrogen-bond acceptors (Lipinski definition) is 6. The quantitative estimate of drug-likeness (QED) is 0.233. The zero-order valence-corrected chi connectivity index (χ0v) is 30.0. The summed E-state index contributed by atoms with van der Waals surface area (Å²) in [6, 6.07) is 11.6. The van der Waals surface area contributed by atoms with Gasteiger partial charge in [0.25, 0.3) is 5.91 Å². The van der Waals surface area contributed by atoms with E-state index in [0.717, 1.165) is 16.8 Å². The Morgan fingerprint density at radius 3 is 2.20 bits per heavy atom. The lowest BCUT2D eigenvalue weighted by atomic mass is 9.64. The molecule has 49 heavy (non-hydrogen) atoms. The molecule has 9 heteroatoms. The molecular formula is C40H53N3O6. The summed E-state index contributed by atoms with van der Waals surface area (Å²) < 4.78 is 12.8. The van der Waals surface area contributed by atoms with Crippen molar-refractivity contribution in [1.29, 1.82) is 0 Å². The first-order chi connectivity index (χ1) is 23.4. The highest BCUT2D eigenvalue weighted by Gasteiger charge is 2.79. The summed E-state index contributed by atoms with van der Waals surface area (Å²) in [5.41, 5.74) is 1.09. The van der Waals surface area contributed by atoms with Gasteiger partial charge < -0.3 is 29.3 Å². The number of likely N-dealkylation sites (tertiary alicyclic amines) is 1. The third-order valence-electron chi connectivity index (χ3n) is 10.8. The molecule has 2 aromatic carbocycles. The molecule has 0 radical (unpaired) electrons. The highest BCUT2D eigenvalue weighted by atomic mass is 16.5. The number of hydrogen-bond donors (Lipinski definition) is 1. The van der Waals surface area contributed by atoms with E-state index in [1.54, 1.807) is 26.9 Å². The Balaban J connectivity index is 1.66. The molecule has 3 fully saturated rings. The Bertz CT molecular complexity index is 1550. The van der Waals surface area contributed by atoms with Crippen LogP contribution in [0.2, 0.25) is 0 Å². The second-order valence-electron chi connectivity index (χ2n) is 14.2. The van der Waals surface area contributed by atoms with Gasteiger partial charge in [-0.2, -0.15) is 0 Å². The molecule has 2 aromatic rings. The van der Waals surface area contributed by atoms with Gasteiger partial charge in [-0.3, -0.25) is 14.4 Å². The Morgan fingerprint density at radius 2 is 1.65 bits per heavy atom. The number of anilines is 2. The third kappa shape index (κ3) is 6.09. The number of rotatable bonds is 15. The van der Waals surface area contributed by atoms with Gasteiger partial charge in [0.15, 0.2) is 0 Å². The average Bonchev–Trinajstić information content (AvgIpc) is 3.69. The summed E-state index contributed by atoms with van der Waals surface area (Å²) in [5.74, 6) is -1.73. The molecule has 1 N–H and O–H groups in total. The van der Waals surface area contributed by atoms with Crippen molar-refractivity contribution >= 4 is 29.1 Å². The van der Waals surface area contributed by atoms with Gasteiger partial charge in [0.1, 0.15) is 17.4 Å². The minimum absolute atomic E-state index is 0.140. The van der Waals surface area contributed by atoms with E-state index in [-0.39, 0.29) is 43.3 Å². The standard InChI is InChI=1S/C40H53N3O6/c1-9-22-41(29-16-18-31(19-17-29)48-12-4)36(45)32-33-37(46)43(30(25-44)24-26(5)6)35(40(33)21-20-39(32,11-3)49-40)38(47)42(23-10-2)34-27(7)14-13-15-28(34)8/h9-10,13-19,26,30,32-33,35,44H,1-2,11-12,20-25H2,3-8H3/t30-,32+,33+,35?,39-,40?/m1/s1. The van der Waals surface area contributed by atoms with Crippen LogP contribution in [-0.2, 0) is 19.1 Å². The lowest BCUT2D eigenvalue weighted by Crippen LogP contribution is -2.59. The number of ether oxygens (including phenoxy) is 2. The van der Waals surface area contributed by atoms with Crippen LogP contribution in [0.1, 0.15) is 64.5 Å². The van der Waals surface area contributed by atoms with E-state index in [4.69, 9.17) is 9.47 Å². The van der Waals surface area contributed by atoms with Crippen LogP contribution in [0, 0.1) is 31.6 Å². The molecular weight excluding hydrogens is 618 g/mol. The van der Waals surface area contributed by atoms with Gasteiger partial charge in [0.2, 0.25) is 11.8 Å². The van der Waals surface area contributed by atoms with E-state index in [0.29, 0.717) is 43.7 Å². The van der Waals surface area contributed by atoms with Crippen molar-refractivity contribution in [2.45, 2.75) is 90.5 Å². The Morgan fingerprint density at radius 1 is 1.02 bits per heavy atom. The molecule has 0 aromatic heterocycles. The van der Waals surface area contributed by atoms with Gasteiger partial charge in [-0.1, -0.05) is 51.1 Å². The van der Waals surface area contributed by atoms with Crippen LogP contribution in [-0.4, -0.2) is 77.3 Å². The molecule has 2 unspecified atom stereocenters. The molecule has 3 aliphatic heterocycles. The fourth-order valence-corrected chi connectivity index (χ4v) is 8.83. The van der Waals surface area contributed by atoms with Crippen LogP contribution in [0.15, 0.2) is 67.8 Å². The summed E-state index contributed by atoms with van der Waals surface area (Å²) in [4.78, 5) is 50.2. The van der Waals surface area contributed by atoms with Gasteiger partial charge in [-0.15, -0.1) is 13.2 Å². The predicted octanol–water partition coefficient (Wildman–Crippen LogP) is 6.00. The molecule has 3 saturated heterocycles. The maximum Gasteiger partial charge on any atom is 0.253 e.